The van der Waals surface area contributed by atoms with Crippen LogP contribution in [0.15, 0.2) is 65.9 Å². The van der Waals surface area contributed by atoms with Gasteiger partial charge >= 0.3 is 0 Å². The Morgan fingerprint density at radius 1 is 1.14 bits per heavy atom. The third-order valence-corrected chi connectivity index (χ3v) is 4.30. The Labute approximate surface area is 188 Å². The summed E-state index contributed by atoms with van der Waals surface area (Å²) in [7, 11) is 3.69. The summed E-state index contributed by atoms with van der Waals surface area (Å²) in [6.45, 7) is 4.02. The van der Waals surface area contributed by atoms with Crippen molar-refractivity contribution in [2.24, 2.45) is 4.99 Å². The second kappa shape index (κ2) is 11.4. The van der Waals surface area contributed by atoms with E-state index in [-0.39, 0.29) is 24.0 Å². The van der Waals surface area contributed by atoms with E-state index in [9.17, 15) is 0 Å². The molecule has 0 aliphatic heterocycles. The minimum Gasteiger partial charge on any atom is -0.497 e. The molecule has 0 bridgehead atoms. The quantitative estimate of drug-likeness (QED) is 0.302. The fraction of sp³-hybridized carbons (Fsp3) is 0.286. The Balaban J connectivity index is 0.00000300. The molecular weight excluding hydrogens is 479 g/mol. The normalized spacial score (nSPS) is 10.9. The maximum absolute atomic E-state index is 5.22. The lowest BCUT2D eigenvalue weighted by molar-refractivity contribution is 0.414. The maximum atomic E-state index is 5.22. The highest BCUT2D eigenvalue weighted by Gasteiger charge is 2.10. The maximum Gasteiger partial charge on any atom is 0.194 e. The highest BCUT2D eigenvalue weighted by molar-refractivity contribution is 14.0. The number of methoxy groups -OCH3 is 1. The Morgan fingerprint density at radius 3 is 2.52 bits per heavy atom. The SMILES string of the molecule is CCNC(=NCc1nncn1-c1ccccc1)N(C)Cc1ccc(OC)cc1.I. The highest BCUT2D eigenvalue weighted by Crippen LogP contribution is 2.13. The number of guanidine groups is 1. The van der Waals surface area contributed by atoms with Crippen molar-refractivity contribution in [2.45, 2.75) is 20.0 Å². The zero-order chi connectivity index (χ0) is 19.8. The first-order valence-electron chi connectivity index (χ1n) is 9.28. The molecule has 3 aromatic rings. The molecule has 8 heteroatoms. The molecule has 0 unspecified atom stereocenters. The molecule has 1 N–H and O–H groups in total. The van der Waals surface area contributed by atoms with E-state index in [2.05, 4.69) is 39.5 Å². The van der Waals surface area contributed by atoms with Crippen molar-refractivity contribution in [2.75, 3.05) is 20.7 Å². The van der Waals surface area contributed by atoms with Gasteiger partial charge in [0.05, 0.1) is 7.11 Å². The van der Waals surface area contributed by atoms with E-state index in [1.54, 1.807) is 13.4 Å². The molecule has 29 heavy (non-hydrogen) atoms. The van der Waals surface area contributed by atoms with Crippen molar-refractivity contribution in [1.29, 1.82) is 0 Å². The summed E-state index contributed by atoms with van der Waals surface area (Å²) in [4.78, 5) is 6.85. The van der Waals surface area contributed by atoms with E-state index in [0.29, 0.717) is 6.54 Å². The van der Waals surface area contributed by atoms with Gasteiger partial charge in [0, 0.05) is 25.8 Å². The van der Waals surface area contributed by atoms with Gasteiger partial charge in [-0.1, -0.05) is 30.3 Å². The number of hydrogen-bond donors (Lipinski definition) is 1. The summed E-state index contributed by atoms with van der Waals surface area (Å²) in [6, 6.07) is 18.1. The molecule has 3 rings (SSSR count). The molecule has 2 aromatic carbocycles. The second-order valence-electron chi connectivity index (χ2n) is 6.33. The van der Waals surface area contributed by atoms with Crippen LogP contribution in [0.4, 0.5) is 0 Å². The molecule has 0 fully saturated rings. The van der Waals surface area contributed by atoms with Crippen molar-refractivity contribution in [3.8, 4) is 11.4 Å². The first-order valence-corrected chi connectivity index (χ1v) is 9.28. The standard InChI is InChI=1S/C21H26N6O.HI/c1-4-22-21(26(2)15-17-10-12-19(28-3)13-11-17)23-14-20-25-24-16-27(20)18-8-6-5-7-9-18;/h5-13,16H,4,14-15H2,1-3H3,(H,22,23);1H. The van der Waals surface area contributed by atoms with Crippen LogP contribution in [-0.2, 0) is 13.1 Å². The van der Waals surface area contributed by atoms with E-state index in [0.717, 1.165) is 36.3 Å². The molecule has 1 aromatic heterocycles. The van der Waals surface area contributed by atoms with Gasteiger partial charge in [-0.25, -0.2) is 4.99 Å². The lowest BCUT2D eigenvalue weighted by atomic mass is 10.2. The van der Waals surface area contributed by atoms with Crippen LogP contribution in [0.1, 0.15) is 18.3 Å². The molecule has 154 valence electrons. The van der Waals surface area contributed by atoms with Crippen LogP contribution in [-0.4, -0.2) is 46.3 Å². The van der Waals surface area contributed by atoms with Gasteiger partial charge in [-0.3, -0.25) is 4.57 Å². The average Bonchev–Trinajstić information content (AvgIpc) is 3.21. The summed E-state index contributed by atoms with van der Waals surface area (Å²) < 4.78 is 7.18. The topological polar surface area (TPSA) is 67.6 Å². The summed E-state index contributed by atoms with van der Waals surface area (Å²) in [5.74, 6) is 2.47. The van der Waals surface area contributed by atoms with Gasteiger partial charge in [0.25, 0.3) is 0 Å². The number of nitrogens with one attached hydrogen (secondary N) is 1. The Bertz CT molecular complexity index is 895. The first-order chi connectivity index (χ1) is 13.7. The van der Waals surface area contributed by atoms with Crippen LogP contribution >= 0.6 is 24.0 Å². The molecule has 0 saturated heterocycles. The average molecular weight is 506 g/mol. The Kier molecular flexibility index (Phi) is 8.91. The number of para-hydroxylation sites is 1. The van der Waals surface area contributed by atoms with Gasteiger partial charge in [-0.15, -0.1) is 34.2 Å². The summed E-state index contributed by atoms with van der Waals surface area (Å²) >= 11 is 0. The Hall–Kier alpha value is -2.62. The smallest absolute Gasteiger partial charge is 0.194 e. The predicted molar refractivity (Wildman–Crippen MR) is 126 cm³/mol. The fourth-order valence-electron chi connectivity index (χ4n) is 2.87. The Morgan fingerprint density at radius 2 is 1.86 bits per heavy atom. The number of rotatable bonds is 7. The van der Waals surface area contributed by atoms with E-state index >= 15 is 0 Å². The number of ether oxygens (including phenoxy) is 1. The molecular formula is C21H27IN6O. The molecule has 0 aliphatic carbocycles. The number of halogens is 1. The second-order valence-corrected chi connectivity index (χ2v) is 6.33. The third-order valence-electron chi connectivity index (χ3n) is 4.30. The van der Waals surface area contributed by atoms with Crippen molar-refractivity contribution < 1.29 is 4.74 Å². The molecule has 0 radical (unpaired) electrons. The highest BCUT2D eigenvalue weighted by atomic mass is 127. The van der Waals surface area contributed by atoms with Gasteiger partial charge in [-0.2, -0.15) is 0 Å². The van der Waals surface area contributed by atoms with E-state index in [1.165, 1.54) is 5.56 Å². The van der Waals surface area contributed by atoms with Gasteiger partial charge in [-0.05, 0) is 36.8 Å². The molecule has 0 aliphatic rings. The minimum atomic E-state index is 0. The monoisotopic (exact) mass is 506 g/mol. The lowest BCUT2D eigenvalue weighted by Crippen LogP contribution is -2.38. The summed E-state index contributed by atoms with van der Waals surface area (Å²) in [5, 5.41) is 11.6. The molecule has 0 amide bonds. The number of benzene rings is 2. The molecule has 0 spiro atoms. The lowest BCUT2D eigenvalue weighted by Gasteiger charge is -2.22. The van der Waals surface area contributed by atoms with Crippen LogP contribution in [0.2, 0.25) is 0 Å². The van der Waals surface area contributed by atoms with Crippen molar-refractivity contribution in [3.05, 3.63) is 72.3 Å². The number of aliphatic imine (C=N–C) groups is 1. The molecule has 7 nitrogen and oxygen atoms in total. The van der Waals surface area contributed by atoms with Gasteiger partial charge in [0.1, 0.15) is 18.6 Å². The van der Waals surface area contributed by atoms with E-state index in [4.69, 9.17) is 9.73 Å². The van der Waals surface area contributed by atoms with Crippen LogP contribution in [0.25, 0.3) is 5.69 Å². The number of hydrogen-bond acceptors (Lipinski definition) is 4. The predicted octanol–water partition coefficient (Wildman–Crippen LogP) is 3.49. The van der Waals surface area contributed by atoms with E-state index in [1.807, 2.05) is 54.1 Å². The van der Waals surface area contributed by atoms with Gasteiger partial charge in [0.2, 0.25) is 0 Å². The largest absolute Gasteiger partial charge is 0.497 e. The molecule has 1 heterocycles. The van der Waals surface area contributed by atoms with Crippen molar-refractivity contribution in [1.82, 2.24) is 25.0 Å². The van der Waals surface area contributed by atoms with Crippen LogP contribution in [0.3, 0.4) is 0 Å². The fourth-order valence-corrected chi connectivity index (χ4v) is 2.87. The van der Waals surface area contributed by atoms with Gasteiger partial charge < -0.3 is 15.0 Å². The molecule has 0 atom stereocenters. The summed E-state index contributed by atoms with van der Waals surface area (Å²) in [6.07, 6.45) is 1.72. The first kappa shape index (κ1) is 22.7. The van der Waals surface area contributed by atoms with Gasteiger partial charge in [0.15, 0.2) is 11.8 Å². The third kappa shape index (κ3) is 6.18. The molecule has 0 saturated carbocycles. The van der Waals surface area contributed by atoms with Crippen LogP contribution in [0, 0.1) is 0 Å². The van der Waals surface area contributed by atoms with E-state index < -0.39 is 0 Å². The number of aromatic nitrogens is 3. The summed E-state index contributed by atoms with van der Waals surface area (Å²) in [5.41, 5.74) is 2.20. The van der Waals surface area contributed by atoms with Crippen LogP contribution in [0.5, 0.6) is 5.75 Å². The van der Waals surface area contributed by atoms with Crippen molar-refractivity contribution >= 4 is 29.9 Å². The minimum absolute atomic E-state index is 0. The van der Waals surface area contributed by atoms with Crippen LogP contribution < -0.4 is 10.1 Å². The van der Waals surface area contributed by atoms with Crippen molar-refractivity contribution in [3.63, 3.8) is 0 Å². The number of nitrogens with zero attached hydrogens (tertiary/aromatic N) is 5. The zero-order valence-corrected chi connectivity index (χ0v) is 19.3. The zero-order valence-electron chi connectivity index (χ0n) is 16.9.